The van der Waals surface area contributed by atoms with Crippen LogP contribution in [0.2, 0.25) is 24.8 Å². The molecule has 0 radical (unpaired) electrons. The van der Waals surface area contributed by atoms with Gasteiger partial charge < -0.3 is 130 Å². The van der Waals surface area contributed by atoms with Gasteiger partial charge in [-0.05, 0) is 134 Å². The second kappa shape index (κ2) is 61.1. The number of nitriles is 1. The molecular formula is C78H129BrCl2F12N28O20P4Si. The summed E-state index contributed by atoms with van der Waals surface area (Å²) in [6.45, 7) is 22.2. The van der Waals surface area contributed by atoms with Gasteiger partial charge in [0.25, 0.3) is 0 Å². The molecular weight excluding hydrogens is 2180 g/mol. The molecule has 0 aromatic carbocycles. The fraction of sp³-hybridized carbons (Fsp3) is 0.692. The van der Waals surface area contributed by atoms with Crippen LogP contribution in [-0.2, 0) is 110 Å². The van der Waals surface area contributed by atoms with Crippen molar-refractivity contribution in [2.75, 3.05) is 117 Å². The van der Waals surface area contributed by atoms with Gasteiger partial charge in [-0.25, -0.2) is 30.1 Å². The van der Waals surface area contributed by atoms with Gasteiger partial charge in [0.15, 0.2) is 61.7 Å². The number of alkyl halides is 12. The lowest BCUT2D eigenvalue weighted by atomic mass is 9.96. The molecule has 3 saturated carbocycles. The van der Waals surface area contributed by atoms with Crippen molar-refractivity contribution < 1.29 is 146 Å². The Balaban J connectivity index is 0.000000470. The summed E-state index contributed by atoms with van der Waals surface area (Å²) in [6, 6.07) is -0.634. The highest BCUT2D eigenvalue weighted by Crippen LogP contribution is 2.52. The maximum atomic E-state index is 13.9. The minimum absolute atomic E-state index is 0. The number of nitrogens with zero attached hydrogens (tertiary/aromatic N) is 17. The van der Waals surface area contributed by atoms with Gasteiger partial charge in [0.05, 0.1) is 88.8 Å². The summed E-state index contributed by atoms with van der Waals surface area (Å²) in [5.41, 5.74) is 33.7. The summed E-state index contributed by atoms with van der Waals surface area (Å²) in [5, 5.41) is 19.5. The number of fused-ring (bicyclic) bond motifs is 4. The number of esters is 3. The first-order chi connectivity index (χ1) is 67.1. The van der Waals surface area contributed by atoms with E-state index in [1.165, 1.54) is 55.3 Å². The van der Waals surface area contributed by atoms with Crippen molar-refractivity contribution in [1.29, 1.82) is 5.26 Å². The van der Waals surface area contributed by atoms with Gasteiger partial charge in [0.1, 0.15) is 93.7 Å². The second-order valence-corrected chi connectivity index (χ2v) is 53.2. The number of rotatable bonds is 44. The number of imidazole rings is 4. The highest BCUT2D eigenvalue weighted by atomic mass is 79.9. The zero-order chi connectivity index (χ0) is 110. The predicted octanol–water partition coefficient (Wildman–Crippen LogP) is 13.8. The second-order valence-electron chi connectivity index (χ2n) is 34.0. The number of halogens is 15. The lowest BCUT2D eigenvalue weighted by molar-refractivity contribution is -0.155. The molecule has 146 heavy (non-hydrogen) atoms. The zero-order valence-corrected chi connectivity index (χ0v) is 90.3. The fourth-order valence-electron chi connectivity index (χ4n) is 11.3. The lowest BCUT2D eigenvalue weighted by Gasteiger charge is -2.30. The predicted molar refractivity (Wildman–Crippen MR) is 527 cm³/mol. The number of nitrogen functional groups attached to an aromatic ring is 4. The maximum absolute atomic E-state index is 13.9. The average Bonchev–Trinajstić information content (AvgIpc) is 1.66. The Morgan fingerprint density at radius 2 is 0.719 bits per heavy atom. The van der Waals surface area contributed by atoms with E-state index in [1.807, 2.05) is 0 Å². The van der Waals surface area contributed by atoms with Crippen molar-refractivity contribution in [3.63, 3.8) is 0 Å². The number of nitrogens with two attached hydrogens (primary N) is 6. The van der Waals surface area contributed by atoms with Gasteiger partial charge in [-0.3, -0.25) is 32.6 Å². The van der Waals surface area contributed by atoms with E-state index in [0.29, 0.717) is 17.7 Å². The van der Waals surface area contributed by atoms with E-state index in [2.05, 4.69) is 127 Å². The number of hydrogen-bond acceptors (Lipinski definition) is 40. The number of anilines is 7. The number of carbonyl (C=O) groups excluding carboxylic acids is 3. The molecule has 3 fully saturated rings. The van der Waals surface area contributed by atoms with E-state index >= 15 is 0 Å². The molecule has 830 valence electrons. The third-order valence-electron chi connectivity index (χ3n) is 17.8. The van der Waals surface area contributed by atoms with Crippen molar-refractivity contribution >= 4 is 180 Å². The Bertz CT molecular complexity index is 5530. The van der Waals surface area contributed by atoms with Crippen LogP contribution in [0.1, 0.15) is 141 Å². The van der Waals surface area contributed by atoms with Crippen molar-refractivity contribution in [3.8, 4) is 6.07 Å². The van der Waals surface area contributed by atoms with E-state index in [4.69, 9.17) is 107 Å². The Kier molecular flexibility index (Phi) is 55.1. The summed E-state index contributed by atoms with van der Waals surface area (Å²) < 4.78 is 259. The molecule has 68 heteroatoms. The van der Waals surface area contributed by atoms with Crippen LogP contribution in [-0.4, -0.2) is 276 Å². The molecule has 0 aliphatic heterocycles. The summed E-state index contributed by atoms with van der Waals surface area (Å²) in [6.07, 6.45) is -6.41. The van der Waals surface area contributed by atoms with E-state index in [9.17, 15) is 85.3 Å². The lowest BCUT2D eigenvalue weighted by Crippen LogP contribution is -2.44. The third-order valence-corrected chi connectivity index (χ3v) is 24.7. The largest absolute Gasteiger partial charge is 0.461 e. The number of carbonyl (C=O) groups is 3. The monoisotopic (exact) mass is 2310 g/mol. The molecule has 0 saturated heterocycles. The van der Waals surface area contributed by atoms with Gasteiger partial charge in [-0.15, -0.1) is 27.7 Å². The van der Waals surface area contributed by atoms with Crippen molar-refractivity contribution in [3.05, 3.63) is 30.5 Å². The first-order valence-electron chi connectivity index (χ1n) is 44.7. The van der Waals surface area contributed by atoms with E-state index in [-0.39, 0.29) is 200 Å². The van der Waals surface area contributed by atoms with Crippen molar-refractivity contribution in [2.45, 2.75) is 272 Å². The minimum Gasteiger partial charge on any atom is -0.461 e. The molecule has 0 spiro atoms. The maximum Gasteiger partial charge on any atom is 0.405 e. The van der Waals surface area contributed by atoms with Gasteiger partial charge in [0.2, 0.25) is 31.2 Å². The number of aromatic nitrogens is 16. The topological polar surface area (TPSA) is 676 Å². The van der Waals surface area contributed by atoms with Crippen LogP contribution in [0.4, 0.5) is 93.9 Å². The normalized spacial score (nSPS) is 14.4. The first kappa shape index (κ1) is 132. The Morgan fingerprint density at radius 3 is 0.959 bits per heavy atom. The molecule has 8 heterocycles. The smallest absolute Gasteiger partial charge is 0.405 e. The van der Waals surface area contributed by atoms with E-state index in [0.717, 1.165) is 51.4 Å². The Hall–Kier alpha value is -8.50. The molecule has 0 bridgehead atoms. The molecule has 19 N–H and O–H groups in total. The van der Waals surface area contributed by atoms with Crippen LogP contribution in [0, 0.1) is 11.3 Å². The van der Waals surface area contributed by atoms with Crippen LogP contribution in [0.15, 0.2) is 25.3 Å². The van der Waals surface area contributed by atoms with Crippen LogP contribution in [0.25, 0.3) is 44.7 Å². The average molecular weight is 2310 g/mol. The molecule has 8 aromatic heterocycles. The summed E-state index contributed by atoms with van der Waals surface area (Å²) in [7, 11) is -14.7. The molecule has 11 rings (SSSR count). The quantitative estimate of drug-likeness (QED) is 0.00246. The van der Waals surface area contributed by atoms with Gasteiger partial charge in [0, 0.05) is 33.1 Å². The summed E-state index contributed by atoms with van der Waals surface area (Å²) in [5.74, 6) is -2.48. The molecule has 48 nitrogen and oxygen atoms in total. The van der Waals surface area contributed by atoms with Gasteiger partial charge in [-0.1, -0.05) is 31.2 Å². The summed E-state index contributed by atoms with van der Waals surface area (Å²) in [4.78, 5) is 101. The third kappa shape index (κ3) is 52.3. The molecule has 3 atom stereocenters. The fourth-order valence-corrected chi connectivity index (χ4v) is 17.6. The van der Waals surface area contributed by atoms with Crippen LogP contribution >= 0.6 is 69.5 Å². The summed E-state index contributed by atoms with van der Waals surface area (Å²) >= 11 is 9.50. The number of nitrogens with one attached hydrogen (secondary N) is 5. The molecule has 0 unspecified atom stereocenters. The van der Waals surface area contributed by atoms with E-state index in [1.54, 1.807) is 83.8 Å². The molecule has 0 amide bonds. The zero-order valence-electron chi connectivity index (χ0n) is 82.6. The molecule has 3 aliphatic rings. The van der Waals surface area contributed by atoms with Gasteiger partial charge >= 0.3 is 65.4 Å². The van der Waals surface area contributed by atoms with Crippen LogP contribution < -0.4 is 60.5 Å². The standard InChI is InChI=1S/C24H36F3N8O6P.C16H26F3N6O4P.C14H23ClN5O4P.C10H14F3N6O4P.C7H13NO2.C3H9BrSi.C2H4F3N.C2H3N.ClH/c1-14(21(36)40-16-5-3-6-16)33-42(38,34-15(2)22(37)41-17-7-4-8-17)13-39-10-9-35-12-30-18-19(29-11-24(25,26)27)31-23(28)32-20(18)35;1-10(2)28-30(26,29-11(3)4)9-27-6-5-25-8-22-12-13(21-7-16(17,18)19)23-15(20)24-14(12)25;1-9(2)23-25(21,24-10(3)4)8-22-6-5-20-7-17-11-12(15)18-14(16)19-13(11)20;11-10(12,13)3-15-7-6-8(18-9(14)17-7)19(4-16-6)1-2-23-5-24(20,21)22;1-5(8)7(9)10-6-3-2-4-6;1-5(2,3)4;3-2(4,5)1-6;1-2-3;/h12,14-17H,3-11,13H2,1-2H3,(H2,33,34,38)(H3,28,29,31,32);8,10-11H,5-7,9H2,1-4H3,(H3,20,21,23,24);7,9-10H,5-6,8H2,1-4H3,(H2,16,18,19);4H,1-3,5H2,(H2,20,21,22)(H3,14,15,17,18);5-6H,2-4,8H2,1H3;1-3H3;1,6H2;1H3;1H/t14-,15-;;;;5-;;;;/m0...0..../s1. The van der Waals surface area contributed by atoms with Crippen molar-refractivity contribution in [2.24, 2.45) is 11.5 Å². The SMILES string of the molecule is CC#N.CC(C)OP(=O)(COCCn1cnc2c(Cl)nc(N)nc21)OC(C)C.CC(C)OP(=O)(COCCn1cnc2c(NCC(F)(F)F)nc(N)nc21)OC(C)C.C[C@H](N)C(=O)OC1CCC1.C[C@H](NP(=O)(COCCn1cnc2c(NCC(F)(F)F)nc(N)nc21)N[C@@H](C)C(=O)OC1CCC1)C(=O)OC1CCC1.C[Si](C)(C)Br.Cl.NCC(F)(F)F.Nc1nc(NCC(F)(F)F)c2ncn(CCOCP(=O)(O)O)c2n1. The first-order valence-corrected chi connectivity index (χ1v) is 58.0. The molecule has 3 aliphatic carbocycles. The highest BCUT2D eigenvalue weighted by molar-refractivity contribution is 9.26. The number of hydrogen-bond donors (Lipinski definition) is 13. The Morgan fingerprint density at radius 1 is 0.473 bits per heavy atom. The Labute approximate surface area is 852 Å². The van der Waals surface area contributed by atoms with E-state index < -0.39 is 131 Å². The van der Waals surface area contributed by atoms with Crippen molar-refractivity contribution in [1.82, 2.24) is 88.3 Å². The number of ether oxygens (including phenoxy) is 7. The van der Waals surface area contributed by atoms with Gasteiger partial charge in [-0.2, -0.15) is 97.8 Å². The van der Waals surface area contributed by atoms with Crippen LogP contribution in [0.3, 0.4) is 0 Å². The van der Waals surface area contributed by atoms with Crippen LogP contribution in [0.5, 0.6) is 0 Å². The minimum atomic E-state index is -4.48. The highest BCUT2D eigenvalue weighted by Gasteiger charge is 2.38. The molecule has 8 aromatic rings.